The Balaban J connectivity index is 2.20. The topological polar surface area (TPSA) is 113 Å². The minimum atomic E-state index is -0.601. The van der Waals surface area contributed by atoms with Crippen molar-refractivity contribution < 1.29 is 9.72 Å². The number of aryl methyl sites for hydroxylation is 1. The van der Waals surface area contributed by atoms with E-state index in [-0.39, 0.29) is 17.3 Å². The van der Waals surface area contributed by atoms with E-state index in [0.717, 1.165) is 5.56 Å². The Morgan fingerprint density at radius 3 is 2.43 bits per heavy atom. The number of carbonyl (C=O) groups is 1. The third-order valence-electron chi connectivity index (χ3n) is 3.02. The van der Waals surface area contributed by atoms with Crippen molar-refractivity contribution in [3.05, 3.63) is 51.8 Å². The summed E-state index contributed by atoms with van der Waals surface area (Å²) in [4.78, 5) is 31.9. The Hall–Kier alpha value is -3.23. The van der Waals surface area contributed by atoms with Gasteiger partial charge >= 0.3 is 5.69 Å². The van der Waals surface area contributed by atoms with Gasteiger partial charge in [0.2, 0.25) is 11.6 Å². The second-order valence-electron chi connectivity index (χ2n) is 4.99. The van der Waals surface area contributed by atoms with Gasteiger partial charge in [0.25, 0.3) is 5.91 Å². The number of nitrogens with one attached hydrogen (secondary N) is 2. The Bertz CT molecular complexity index is 730. The number of benzene rings is 1. The van der Waals surface area contributed by atoms with Gasteiger partial charge in [0.1, 0.15) is 6.33 Å². The van der Waals surface area contributed by atoms with Gasteiger partial charge < -0.3 is 4.90 Å². The predicted octanol–water partition coefficient (Wildman–Crippen LogP) is 1.52. The fourth-order valence-corrected chi connectivity index (χ4v) is 1.85. The average Bonchev–Trinajstić information content (AvgIpc) is 2.52. The fraction of sp³-hybridized carbons (Fsp3) is 0.214. The molecular weight excluding hydrogens is 300 g/mol. The molecule has 0 saturated heterocycles. The van der Waals surface area contributed by atoms with Crippen LogP contribution in [0.1, 0.15) is 15.9 Å². The molecule has 1 aromatic carbocycles. The molecule has 0 radical (unpaired) electrons. The van der Waals surface area contributed by atoms with Crippen molar-refractivity contribution in [1.29, 1.82) is 0 Å². The van der Waals surface area contributed by atoms with E-state index in [1.807, 2.05) is 6.92 Å². The first-order valence-corrected chi connectivity index (χ1v) is 6.70. The van der Waals surface area contributed by atoms with Crippen LogP contribution in [-0.2, 0) is 0 Å². The number of nitrogens with zero attached hydrogens (tertiary/aromatic N) is 4. The lowest BCUT2D eigenvalue weighted by Gasteiger charge is -2.13. The van der Waals surface area contributed by atoms with Crippen molar-refractivity contribution in [2.45, 2.75) is 6.92 Å². The predicted molar refractivity (Wildman–Crippen MR) is 85.3 cm³/mol. The number of hydrazine groups is 1. The molecule has 0 unspecified atom stereocenters. The highest BCUT2D eigenvalue weighted by Crippen LogP contribution is 2.29. The first kappa shape index (κ1) is 16.1. The van der Waals surface area contributed by atoms with Gasteiger partial charge in [-0.2, -0.15) is 0 Å². The van der Waals surface area contributed by atoms with Crippen molar-refractivity contribution in [3.8, 4) is 0 Å². The minimum Gasteiger partial charge on any atom is -0.357 e. The summed E-state index contributed by atoms with van der Waals surface area (Å²) in [6.07, 6.45) is 1.18. The number of hydrogen-bond acceptors (Lipinski definition) is 7. The van der Waals surface area contributed by atoms with Gasteiger partial charge in [0.15, 0.2) is 0 Å². The summed E-state index contributed by atoms with van der Waals surface area (Å²) >= 11 is 0. The van der Waals surface area contributed by atoms with Crippen LogP contribution in [0.4, 0.5) is 17.3 Å². The lowest BCUT2D eigenvalue weighted by molar-refractivity contribution is -0.383. The fourth-order valence-electron chi connectivity index (χ4n) is 1.85. The van der Waals surface area contributed by atoms with Gasteiger partial charge in [0.05, 0.1) is 4.92 Å². The van der Waals surface area contributed by atoms with Crippen LogP contribution in [0.5, 0.6) is 0 Å². The highest BCUT2D eigenvalue weighted by atomic mass is 16.6. The van der Waals surface area contributed by atoms with Crippen LogP contribution < -0.4 is 15.8 Å². The molecule has 0 aliphatic rings. The smallest absolute Gasteiger partial charge is 0.355 e. The van der Waals surface area contributed by atoms with Gasteiger partial charge in [-0.1, -0.05) is 17.7 Å². The molecule has 1 aromatic heterocycles. The number of rotatable bonds is 5. The Morgan fingerprint density at radius 1 is 1.22 bits per heavy atom. The third kappa shape index (κ3) is 3.70. The molecule has 0 bridgehead atoms. The second-order valence-corrected chi connectivity index (χ2v) is 4.99. The summed E-state index contributed by atoms with van der Waals surface area (Å²) in [5.41, 5.74) is 6.01. The van der Waals surface area contributed by atoms with E-state index in [0.29, 0.717) is 5.56 Å². The molecule has 0 atom stereocenters. The Morgan fingerprint density at radius 2 is 1.87 bits per heavy atom. The van der Waals surface area contributed by atoms with Gasteiger partial charge in [-0.15, -0.1) is 0 Å². The zero-order valence-electron chi connectivity index (χ0n) is 12.9. The highest BCUT2D eigenvalue weighted by Gasteiger charge is 2.24. The van der Waals surface area contributed by atoms with Crippen LogP contribution in [-0.4, -0.2) is 34.9 Å². The van der Waals surface area contributed by atoms with E-state index in [2.05, 4.69) is 20.8 Å². The largest absolute Gasteiger partial charge is 0.357 e. The van der Waals surface area contributed by atoms with Crippen LogP contribution in [0, 0.1) is 17.0 Å². The molecule has 2 aromatic rings. The molecule has 9 heteroatoms. The van der Waals surface area contributed by atoms with Gasteiger partial charge in [0, 0.05) is 19.7 Å². The monoisotopic (exact) mass is 316 g/mol. The van der Waals surface area contributed by atoms with Crippen LogP contribution in [0.25, 0.3) is 0 Å². The summed E-state index contributed by atoms with van der Waals surface area (Å²) in [6, 6.07) is 6.91. The molecule has 1 heterocycles. The van der Waals surface area contributed by atoms with Gasteiger partial charge in [-0.25, -0.2) is 9.97 Å². The van der Waals surface area contributed by atoms with E-state index in [1.165, 1.54) is 11.2 Å². The first-order chi connectivity index (χ1) is 10.9. The molecule has 120 valence electrons. The summed E-state index contributed by atoms with van der Waals surface area (Å²) < 4.78 is 0. The van der Waals surface area contributed by atoms with Crippen LogP contribution in [0.15, 0.2) is 30.6 Å². The molecule has 0 saturated carbocycles. The zero-order valence-corrected chi connectivity index (χ0v) is 12.9. The van der Waals surface area contributed by atoms with E-state index >= 15 is 0 Å². The number of aromatic nitrogens is 2. The van der Waals surface area contributed by atoms with Crippen molar-refractivity contribution >= 4 is 23.2 Å². The number of carbonyl (C=O) groups excluding carboxylic acids is 1. The normalized spacial score (nSPS) is 10.0. The zero-order chi connectivity index (χ0) is 17.0. The van der Waals surface area contributed by atoms with E-state index < -0.39 is 10.8 Å². The molecule has 23 heavy (non-hydrogen) atoms. The van der Waals surface area contributed by atoms with Crippen molar-refractivity contribution in [1.82, 2.24) is 15.4 Å². The first-order valence-electron chi connectivity index (χ1n) is 6.70. The number of anilines is 2. The Kier molecular flexibility index (Phi) is 4.69. The second kappa shape index (κ2) is 6.69. The molecule has 0 aliphatic heterocycles. The van der Waals surface area contributed by atoms with Gasteiger partial charge in [-0.3, -0.25) is 25.8 Å². The quantitative estimate of drug-likeness (QED) is 0.635. The van der Waals surface area contributed by atoms with E-state index in [9.17, 15) is 14.9 Å². The maximum Gasteiger partial charge on any atom is 0.355 e. The SMILES string of the molecule is Cc1ccc(C(=O)NNc2ncnc(N(C)C)c2[N+](=O)[O-])cc1. The minimum absolute atomic E-state index is 0.0887. The van der Waals surface area contributed by atoms with Crippen molar-refractivity contribution in [2.75, 3.05) is 24.4 Å². The number of hydrogen-bond donors (Lipinski definition) is 2. The highest BCUT2D eigenvalue weighted by molar-refractivity contribution is 5.95. The molecular formula is C14H16N6O3. The van der Waals surface area contributed by atoms with Crippen molar-refractivity contribution in [2.24, 2.45) is 0 Å². The summed E-state index contributed by atoms with van der Waals surface area (Å²) in [5.74, 6) is -0.379. The van der Waals surface area contributed by atoms with Crippen LogP contribution >= 0.6 is 0 Å². The van der Waals surface area contributed by atoms with Gasteiger partial charge in [-0.05, 0) is 19.1 Å². The van der Waals surface area contributed by atoms with E-state index in [1.54, 1.807) is 38.4 Å². The molecule has 1 amide bonds. The molecule has 0 fully saturated rings. The molecule has 9 nitrogen and oxygen atoms in total. The summed E-state index contributed by atoms with van der Waals surface area (Å²) in [7, 11) is 3.26. The molecule has 2 rings (SSSR count). The van der Waals surface area contributed by atoms with Crippen molar-refractivity contribution in [3.63, 3.8) is 0 Å². The maximum absolute atomic E-state index is 12.0. The molecule has 2 N–H and O–H groups in total. The maximum atomic E-state index is 12.0. The standard InChI is InChI=1S/C14H16N6O3/c1-9-4-6-10(7-5-9)14(21)18-17-12-11(20(22)23)13(19(2)3)16-8-15-12/h4-8H,1-3H3,(H,18,21)(H,15,16,17). The summed E-state index contributed by atoms with van der Waals surface area (Å²) in [6.45, 7) is 1.91. The Labute approximate surface area is 132 Å². The third-order valence-corrected chi connectivity index (χ3v) is 3.02. The lowest BCUT2D eigenvalue weighted by atomic mass is 10.1. The molecule has 0 aliphatic carbocycles. The lowest BCUT2D eigenvalue weighted by Crippen LogP contribution is -2.30. The number of nitro groups is 1. The van der Waals surface area contributed by atoms with Crippen LogP contribution in [0.3, 0.4) is 0 Å². The average molecular weight is 316 g/mol. The van der Waals surface area contributed by atoms with Crippen LogP contribution in [0.2, 0.25) is 0 Å². The number of amides is 1. The molecule has 0 spiro atoms. The summed E-state index contributed by atoms with van der Waals surface area (Å²) in [5, 5.41) is 11.2. The van der Waals surface area contributed by atoms with E-state index in [4.69, 9.17) is 0 Å².